The third-order valence-corrected chi connectivity index (χ3v) is 8.03. The Morgan fingerprint density at radius 1 is 1.33 bits per heavy atom. The first-order valence-corrected chi connectivity index (χ1v) is 11.7. The van der Waals surface area contributed by atoms with Crippen LogP contribution in [0.2, 0.25) is 5.15 Å². The Balaban J connectivity index is 1.48. The van der Waals surface area contributed by atoms with E-state index in [2.05, 4.69) is 9.71 Å². The normalized spacial score (nSPS) is 17.0. The molecule has 0 unspecified atom stereocenters. The molecule has 1 aliphatic heterocycles. The number of benzene rings is 1. The summed E-state index contributed by atoms with van der Waals surface area (Å²) in [6.07, 6.45) is 0.374. The quantitative estimate of drug-likeness (QED) is 0.293. The van der Waals surface area contributed by atoms with Crippen molar-refractivity contribution in [1.82, 2.24) is 14.6 Å². The zero-order valence-corrected chi connectivity index (χ0v) is 18.0. The van der Waals surface area contributed by atoms with Gasteiger partial charge in [0.05, 0.1) is 10.2 Å². The number of amidine groups is 1. The molecule has 4 rings (SSSR count). The summed E-state index contributed by atoms with van der Waals surface area (Å²) in [6.45, 7) is 0.753. The molecule has 1 fully saturated rings. The van der Waals surface area contributed by atoms with Gasteiger partial charge >= 0.3 is 0 Å². The predicted octanol–water partition coefficient (Wildman–Crippen LogP) is 2.31. The predicted molar refractivity (Wildman–Crippen MR) is 116 cm³/mol. The van der Waals surface area contributed by atoms with Gasteiger partial charge < -0.3 is 10.6 Å². The number of nitrogens with one attached hydrogen (secondary N) is 2. The molecule has 30 heavy (non-hydrogen) atoms. The number of hydrogen-bond acceptors (Lipinski definition) is 6. The zero-order chi connectivity index (χ0) is 21.5. The molecule has 1 amide bonds. The zero-order valence-electron chi connectivity index (χ0n) is 15.6. The summed E-state index contributed by atoms with van der Waals surface area (Å²) in [4.78, 5) is 18.5. The van der Waals surface area contributed by atoms with Gasteiger partial charge in [0.15, 0.2) is 0 Å². The first kappa shape index (κ1) is 20.7. The van der Waals surface area contributed by atoms with E-state index in [9.17, 15) is 13.2 Å². The highest BCUT2D eigenvalue weighted by molar-refractivity contribution is 7.91. The largest absolute Gasteiger partial charge is 0.384 e. The summed E-state index contributed by atoms with van der Waals surface area (Å²) in [5.41, 5.74) is 7.42. The van der Waals surface area contributed by atoms with Gasteiger partial charge in [-0.25, -0.2) is 13.4 Å². The van der Waals surface area contributed by atoms with Crippen LogP contribution in [-0.4, -0.2) is 42.6 Å². The van der Waals surface area contributed by atoms with Crippen LogP contribution in [0.1, 0.15) is 17.5 Å². The number of pyridine rings is 1. The summed E-state index contributed by atoms with van der Waals surface area (Å²) in [5, 5.41) is 7.82. The average molecular weight is 464 g/mol. The van der Waals surface area contributed by atoms with Crippen molar-refractivity contribution in [3.8, 4) is 0 Å². The van der Waals surface area contributed by atoms with Crippen LogP contribution >= 0.6 is 22.9 Å². The topological polar surface area (TPSA) is 129 Å². The maximum Gasteiger partial charge on any atom is 0.250 e. The number of aromatic nitrogens is 1. The number of thiophene rings is 1. The molecule has 8 nitrogen and oxygen atoms in total. The van der Waals surface area contributed by atoms with Crippen molar-refractivity contribution in [1.29, 1.82) is 5.41 Å². The molecule has 0 spiro atoms. The third-order valence-electron chi connectivity index (χ3n) is 4.79. The Bertz CT molecular complexity index is 1260. The van der Waals surface area contributed by atoms with Gasteiger partial charge in [-0.3, -0.25) is 10.2 Å². The molecule has 156 valence electrons. The number of hydrogen-bond donors (Lipinski definition) is 3. The number of sulfonamides is 1. The fraction of sp³-hybridized carbons (Fsp3) is 0.211. The van der Waals surface area contributed by atoms with Crippen LogP contribution in [0.4, 0.5) is 0 Å². The first-order valence-electron chi connectivity index (χ1n) is 9.03. The van der Waals surface area contributed by atoms with Gasteiger partial charge in [-0.15, -0.1) is 11.3 Å². The fourth-order valence-electron chi connectivity index (χ4n) is 3.32. The van der Waals surface area contributed by atoms with Crippen LogP contribution in [-0.2, 0) is 21.4 Å². The summed E-state index contributed by atoms with van der Waals surface area (Å²) < 4.78 is 28.9. The van der Waals surface area contributed by atoms with Crippen molar-refractivity contribution in [3.63, 3.8) is 0 Å². The standard InChI is InChI=1S/C19H18ClN5O3S2/c20-16-5-4-15-14(23-16)9-17(29-15)30(27,28)24-13-6-7-25(19(13)26)10-11-2-1-3-12(8-11)18(21)22/h1-5,8-9,13,24H,6-7,10H2,(H3,21,22)/t13-/m0/s1. The molecular weight excluding hydrogens is 446 g/mol. The minimum atomic E-state index is -3.87. The average Bonchev–Trinajstić information content (AvgIpc) is 3.27. The molecule has 0 radical (unpaired) electrons. The van der Waals surface area contributed by atoms with Crippen LogP contribution < -0.4 is 10.5 Å². The van der Waals surface area contributed by atoms with Gasteiger partial charge in [0.2, 0.25) is 5.91 Å². The van der Waals surface area contributed by atoms with Gasteiger partial charge in [0, 0.05) is 18.7 Å². The Hall–Kier alpha value is -2.53. The number of fused-ring (bicyclic) bond motifs is 1. The fourth-order valence-corrected chi connectivity index (χ4v) is 6.03. The van der Waals surface area contributed by atoms with Gasteiger partial charge in [-0.2, -0.15) is 4.72 Å². The van der Waals surface area contributed by atoms with E-state index in [1.807, 2.05) is 6.07 Å². The second-order valence-electron chi connectivity index (χ2n) is 6.92. The molecule has 2 aromatic heterocycles. The van der Waals surface area contributed by atoms with E-state index in [4.69, 9.17) is 22.7 Å². The second kappa shape index (κ2) is 7.95. The lowest BCUT2D eigenvalue weighted by atomic mass is 10.1. The molecule has 4 N–H and O–H groups in total. The number of nitrogens with zero attached hydrogens (tertiary/aromatic N) is 2. The Kier molecular flexibility index (Phi) is 5.49. The van der Waals surface area contributed by atoms with E-state index in [1.54, 1.807) is 35.2 Å². The van der Waals surface area contributed by atoms with Crippen LogP contribution in [0.3, 0.4) is 0 Å². The van der Waals surface area contributed by atoms with Crippen LogP contribution in [0, 0.1) is 5.41 Å². The minimum Gasteiger partial charge on any atom is -0.384 e. The van der Waals surface area contributed by atoms with Gasteiger partial charge in [-0.1, -0.05) is 29.8 Å². The Morgan fingerprint density at radius 2 is 2.13 bits per heavy atom. The van der Waals surface area contributed by atoms with E-state index in [-0.39, 0.29) is 21.1 Å². The molecule has 1 saturated heterocycles. The number of halogens is 1. The molecule has 1 aromatic carbocycles. The van der Waals surface area contributed by atoms with E-state index in [1.165, 1.54) is 6.07 Å². The van der Waals surface area contributed by atoms with E-state index in [0.717, 1.165) is 16.9 Å². The van der Waals surface area contributed by atoms with E-state index in [0.29, 0.717) is 35.3 Å². The van der Waals surface area contributed by atoms with Crippen molar-refractivity contribution < 1.29 is 13.2 Å². The lowest BCUT2D eigenvalue weighted by Crippen LogP contribution is -2.41. The maximum atomic E-state index is 12.8. The van der Waals surface area contributed by atoms with Crippen molar-refractivity contribution in [2.24, 2.45) is 5.73 Å². The summed E-state index contributed by atoms with van der Waals surface area (Å²) >= 11 is 6.94. The number of carbonyl (C=O) groups excluding carboxylic acids is 1. The minimum absolute atomic E-state index is 0.0469. The molecule has 0 saturated carbocycles. The molecule has 0 aliphatic carbocycles. The van der Waals surface area contributed by atoms with Crippen molar-refractivity contribution in [2.45, 2.75) is 23.2 Å². The number of likely N-dealkylation sites (tertiary alicyclic amines) is 1. The number of rotatable bonds is 6. The summed E-state index contributed by atoms with van der Waals surface area (Å²) in [7, 11) is -3.87. The van der Waals surface area contributed by atoms with Crippen molar-refractivity contribution in [2.75, 3.05) is 6.54 Å². The molecule has 3 heterocycles. The highest BCUT2D eigenvalue weighted by atomic mass is 35.5. The molecule has 1 aliphatic rings. The number of nitrogen functional groups attached to an aromatic ring is 1. The summed E-state index contributed by atoms with van der Waals surface area (Å²) in [5.74, 6) is -0.330. The van der Waals surface area contributed by atoms with Crippen molar-refractivity contribution >= 4 is 54.9 Å². The lowest BCUT2D eigenvalue weighted by molar-refractivity contribution is -0.129. The Labute approximate surface area is 182 Å². The SMILES string of the molecule is N=C(N)c1cccc(CN2CC[C@H](NS(=O)(=O)c3cc4nc(Cl)ccc4s3)C2=O)c1. The Morgan fingerprint density at radius 3 is 2.90 bits per heavy atom. The highest BCUT2D eigenvalue weighted by Gasteiger charge is 2.35. The first-order chi connectivity index (χ1) is 14.2. The number of amides is 1. The van der Waals surface area contributed by atoms with E-state index >= 15 is 0 Å². The van der Waals surface area contributed by atoms with Crippen LogP contribution in [0.15, 0.2) is 46.7 Å². The molecule has 11 heteroatoms. The van der Waals surface area contributed by atoms with Crippen LogP contribution in [0.5, 0.6) is 0 Å². The monoisotopic (exact) mass is 463 g/mol. The number of carbonyl (C=O) groups is 1. The molecular formula is C19H18ClN5O3S2. The van der Waals surface area contributed by atoms with Crippen LogP contribution in [0.25, 0.3) is 10.2 Å². The smallest absolute Gasteiger partial charge is 0.250 e. The van der Waals surface area contributed by atoms with E-state index < -0.39 is 16.1 Å². The van der Waals surface area contributed by atoms with Gasteiger partial charge in [0.25, 0.3) is 10.0 Å². The molecule has 0 bridgehead atoms. The lowest BCUT2D eigenvalue weighted by Gasteiger charge is -2.17. The van der Waals surface area contributed by atoms with Crippen molar-refractivity contribution in [3.05, 3.63) is 58.7 Å². The number of nitrogens with two attached hydrogens (primary N) is 1. The van der Waals surface area contributed by atoms with Gasteiger partial charge in [0.1, 0.15) is 21.2 Å². The van der Waals surface area contributed by atoms with Gasteiger partial charge in [-0.05, 0) is 36.2 Å². The maximum absolute atomic E-state index is 12.8. The third kappa shape index (κ3) is 4.17. The highest BCUT2D eigenvalue weighted by Crippen LogP contribution is 2.29. The molecule has 1 atom stereocenters. The second-order valence-corrected chi connectivity index (χ2v) is 10.3. The molecule has 3 aromatic rings. The summed E-state index contributed by atoms with van der Waals surface area (Å²) in [6, 6.07) is 11.0.